The number of rotatable bonds is 9. The Bertz CT molecular complexity index is 1380. The highest BCUT2D eigenvalue weighted by Crippen LogP contribution is 2.56. The van der Waals surface area contributed by atoms with Gasteiger partial charge in [-0.2, -0.15) is 18.2 Å². The summed E-state index contributed by atoms with van der Waals surface area (Å²) in [6.07, 6.45) is -4.46. The number of likely N-dealkylation sites (tertiary alicyclic amines) is 1. The van der Waals surface area contributed by atoms with E-state index in [1.807, 2.05) is 0 Å². The second-order valence-electron chi connectivity index (χ2n) is 11.6. The summed E-state index contributed by atoms with van der Waals surface area (Å²) in [6, 6.07) is 4.66. The third kappa shape index (κ3) is 5.92. The number of alkyl halides is 3. The van der Waals surface area contributed by atoms with Crippen molar-refractivity contribution in [2.45, 2.75) is 68.5 Å². The third-order valence-corrected chi connectivity index (χ3v) is 8.78. The van der Waals surface area contributed by atoms with Crippen LogP contribution in [-0.2, 0) is 49.5 Å². The maximum absolute atomic E-state index is 14.6. The van der Waals surface area contributed by atoms with E-state index in [-0.39, 0.29) is 32.9 Å². The minimum Gasteiger partial charge on any atom is -0.458 e. The minimum absolute atomic E-state index is 0.00514. The van der Waals surface area contributed by atoms with Crippen LogP contribution in [0.5, 0.6) is 0 Å². The van der Waals surface area contributed by atoms with Gasteiger partial charge in [0.1, 0.15) is 42.7 Å². The second kappa shape index (κ2) is 12.3. The van der Waals surface area contributed by atoms with Crippen molar-refractivity contribution in [3.8, 4) is 0 Å². The number of benzene rings is 1. The van der Waals surface area contributed by atoms with Gasteiger partial charge in [0.15, 0.2) is 12.6 Å². The third-order valence-electron chi connectivity index (χ3n) is 8.78. The summed E-state index contributed by atoms with van der Waals surface area (Å²) in [7, 11) is 0. The number of aliphatic hydroxyl groups excluding tert-OH is 1. The molecule has 0 aromatic heterocycles. The number of hydrogen-bond donors (Lipinski definition) is 2. The van der Waals surface area contributed by atoms with Gasteiger partial charge < -0.3 is 34.3 Å². The molecule has 2 N–H and O–H groups in total. The smallest absolute Gasteiger partial charge is 0.422 e. The van der Waals surface area contributed by atoms with Crippen molar-refractivity contribution in [3.05, 3.63) is 41.5 Å². The second-order valence-corrected chi connectivity index (χ2v) is 11.6. The Labute approximate surface area is 255 Å². The summed E-state index contributed by atoms with van der Waals surface area (Å²) >= 11 is 0. The van der Waals surface area contributed by atoms with Crippen molar-refractivity contribution in [3.63, 3.8) is 0 Å². The summed E-state index contributed by atoms with van der Waals surface area (Å²) in [5.74, 6) is -2.66. The van der Waals surface area contributed by atoms with Crippen LogP contribution in [0.3, 0.4) is 0 Å². The average Bonchev–Trinajstić information content (AvgIpc) is 3.76. The Balaban J connectivity index is 1.27. The largest absolute Gasteiger partial charge is 0.458 e. The van der Waals surface area contributed by atoms with Gasteiger partial charge in [-0.25, -0.2) is 4.79 Å². The first-order chi connectivity index (χ1) is 21.5. The summed E-state index contributed by atoms with van der Waals surface area (Å²) in [5.41, 5.74) is -0.389. The number of halogens is 3. The van der Waals surface area contributed by atoms with Gasteiger partial charge in [0.25, 0.3) is 0 Å². The number of esters is 2. The van der Waals surface area contributed by atoms with E-state index in [1.165, 1.54) is 16.0 Å². The summed E-state index contributed by atoms with van der Waals surface area (Å²) in [6.45, 7) is -1.71. The molecular weight excluding hydrogens is 607 g/mol. The first-order valence-electron chi connectivity index (χ1n) is 14.6. The highest BCUT2D eigenvalue weighted by Gasteiger charge is 2.75. The molecule has 16 heteroatoms. The van der Waals surface area contributed by atoms with Gasteiger partial charge in [-0.1, -0.05) is 24.3 Å². The maximum atomic E-state index is 14.6. The van der Waals surface area contributed by atoms with Gasteiger partial charge in [0, 0.05) is 25.6 Å². The highest BCUT2D eigenvalue weighted by molar-refractivity contribution is 5.96. The van der Waals surface area contributed by atoms with E-state index in [0.29, 0.717) is 30.5 Å². The predicted molar refractivity (Wildman–Crippen MR) is 143 cm³/mol. The van der Waals surface area contributed by atoms with Crippen LogP contribution in [0.1, 0.15) is 30.4 Å². The molecule has 13 nitrogen and oxygen atoms in total. The van der Waals surface area contributed by atoms with Crippen LogP contribution in [0.15, 0.2) is 30.3 Å². The minimum atomic E-state index is -4.65. The van der Waals surface area contributed by atoms with E-state index in [2.05, 4.69) is 10.1 Å². The number of hydroxylamine groups is 2. The topological polar surface area (TPSA) is 153 Å². The Morgan fingerprint density at radius 3 is 2.78 bits per heavy atom. The lowest BCUT2D eigenvalue weighted by molar-refractivity contribution is -0.204. The van der Waals surface area contributed by atoms with Gasteiger partial charge in [0.05, 0.1) is 13.2 Å². The summed E-state index contributed by atoms with van der Waals surface area (Å²) < 4.78 is 58.6. The Morgan fingerprint density at radius 1 is 1.20 bits per heavy atom. The number of fused-ring (bicyclic) bond motifs is 4. The fourth-order valence-electron chi connectivity index (χ4n) is 7.00. The number of aliphatic hydroxyl groups is 1. The molecule has 4 saturated heterocycles. The van der Waals surface area contributed by atoms with Crippen LogP contribution in [0, 0.1) is 5.41 Å². The fourth-order valence-corrected chi connectivity index (χ4v) is 7.00. The molecule has 5 fully saturated rings. The zero-order valence-electron chi connectivity index (χ0n) is 23.9. The Kier molecular flexibility index (Phi) is 8.60. The van der Waals surface area contributed by atoms with Crippen molar-refractivity contribution >= 4 is 29.8 Å². The SMILES string of the molecule is O=C(C=Cc1cccc(CN2O[C@@H]3[C@H]4OCO[C@H]4[C@H]4C[C@]3(C(=O)N3CCC[C@@H]3C(=O)NCCO)[C@@H]2C(=O)O4)c1)OCC(F)(F)F. The number of hydrogen-bond acceptors (Lipinski definition) is 11. The normalized spacial score (nSPS) is 32.4. The van der Waals surface area contributed by atoms with E-state index in [0.717, 1.165) is 6.08 Å². The van der Waals surface area contributed by atoms with E-state index in [1.54, 1.807) is 24.3 Å². The van der Waals surface area contributed by atoms with Crippen LogP contribution in [0.25, 0.3) is 6.08 Å². The molecule has 1 aromatic carbocycles. The number of amides is 2. The number of carbonyl (C=O) groups excluding carboxylic acids is 4. The molecule has 6 rings (SSSR count). The molecular formula is C29H32F3N3O10. The zero-order chi connectivity index (χ0) is 31.9. The Hall–Kier alpha value is -3.57. The lowest BCUT2D eigenvalue weighted by Gasteiger charge is -2.50. The Morgan fingerprint density at radius 2 is 2.00 bits per heavy atom. The van der Waals surface area contributed by atoms with Crippen LogP contribution in [0.2, 0.25) is 0 Å². The van der Waals surface area contributed by atoms with E-state index in [9.17, 15) is 32.3 Å². The zero-order valence-corrected chi connectivity index (χ0v) is 23.9. The van der Waals surface area contributed by atoms with Crippen LogP contribution in [-0.4, -0.2) is 115 Å². The summed E-state index contributed by atoms with van der Waals surface area (Å²) in [4.78, 5) is 60.8. The van der Waals surface area contributed by atoms with Crippen molar-refractivity contribution in [2.75, 3.05) is 33.1 Å². The molecule has 4 aliphatic heterocycles. The van der Waals surface area contributed by atoms with E-state index in [4.69, 9.17) is 24.2 Å². The quantitative estimate of drug-likeness (QED) is 0.286. The molecule has 2 bridgehead atoms. The van der Waals surface area contributed by atoms with Crippen molar-refractivity contribution in [2.24, 2.45) is 5.41 Å². The van der Waals surface area contributed by atoms with Crippen molar-refractivity contribution < 1.29 is 61.2 Å². The van der Waals surface area contributed by atoms with Crippen LogP contribution in [0.4, 0.5) is 13.2 Å². The van der Waals surface area contributed by atoms with Gasteiger partial charge in [-0.3, -0.25) is 19.2 Å². The average molecular weight is 640 g/mol. The molecule has 4 heterocycles. The molecule has 0 spiro atoms. The number of ether oxygens (including phenoxy) is 4. The van der Waals surface area contributed by atoms with Crippen molar-refractivity contribution in [1.29, 1.82) is 0 Å². The predicted octanol–water partition coefficient (Wildman–Crippen LogP) is 0.446. The molecule has 45 heavy (non-hydrogen) atoms. The molecule has 1 saturated carbocycles. The number of carbonyl (C=O) groups is 4. The molecule has 1 aliphatic carbocycles. The molecule has 2 amide bonds. The highest BCUT2D eigenvalue weighted by atomic mass is 19.4. The fraction of sp³-hybridized carbons (Fsp3) is 0.586. The van der Waals surface area contributed by atoms with E-state index < -0.39 is 78.5 Å². The molecule has 0 unspecified atom stereocenters. The van der Waals surface area contributed by atoms with Gasteiger partial charge in [-0.15, -0.1) is 0 Å². The van der Waals surface area contributed by atoms with Crippen LogP contribution >= 0.6 is 0 Å². The lowest BCUT2D eigenvalue weighted by Crippen LogP contribution is -2.70. The first kappa shape index (κ1) is 31.4. The molecule has 7 atom stereocenters. The van der Waals surface area contributed by atoms with E-state index >= 15 is 0 Å². The lowest BCUT2D eigenvalue weighted by atomic mass is 9.62. The van der Waals surface area contributed by atoms with Crippen LogP contribution < -0.4 is 5.32 Å². The summed E-state index contributed by atoms with van der Waals surface area (Å²) in [5, 5.41) is 13.2. The monoisotopic (exact) mass is 639 g/mol. The number of nitrogens with zero attached hydrogens (tertiary/aromatic N) is 2. The standard InChI is InChI=1S/C29H32F3N3O10/c30-29(31,32)14-41-20(37)7-6-16-3-1-4-17(11-16)13-35-23-26(39)44-19-12-28(23,24(45-35)22-21(19)42-15-43-22)27(40)34-9-2-5-18(34)25(38)33-8-10-36/h1,3-4,6-7,11,18-19,21-24,36H,2,5,8-10,12-15H2,(H,33,38)/t18-,19-,21+,22+,23+,24-,28+/m1/s1. The molecule has 5 aliphatic rings. The van der Waals surface area contributed by atoms with Gasteiger partial charge in [0.2, 0.25) is 11.8 Å². The van der Waals surface area contributed by atoms with Gasteiger partial charge in [-0.05, 0) is 30.0 Å². The van der Waals surface area contributed by atoms with Gasteiger partial charge >= 0.3 is 18.1 Å². The molecule has 0 radical (unpaired) electrons. The molecule has 244 valence electrons. The number of nitrogens with one attached hydrogen (secondary N) is 1. The van der Waals surface area contributed by atoms with Crippen molar-refractivity contribution in [1.82, 2.24) is 15.3 Å². The molecule has 1 aromatic rings. The maximum Gasteiger partial charge on any atom is 0.422 e. The first-order valence-corrected chi connectivity index (χ1v) is 14.6.